The van der Waals surface area contributed by atoms with Crippen LogP contribution in [-0.2, 0) is 9.53 Å². The largest absolute Gasteiger partial charge is 0.469 e. The fraction of sp³-hybridized carbons (Fsp3) is 0.500. The number of carbonyl (C=O) groups excluding carboxylic acids is 2. The van der Waals surface area contributed by atoms with Crippen molar-refractivity contribution in [2.45, 2.75) is 13.3 Å². The monoisotopic (exact) mass is 262 g/mol. The number of pyridine rings is 1. The lowest BCUT2D eigenvalue weighted by atomic mass is 9.86. The van der Waals surface area contributed by atoms with Crippen molar-refractivity contribution in [3.05, 3.63) is 30.1 Å². The molecule has 0 aromatic carbocycles. The smallest absolute Gasteiger partial charge is 0.309 e. The van der Waals surface area contributed by atoms with Gasteiger partial charge in [0.05, 0.1) is 13.0 Å². The Bertz CT molecular complexity index is 461. The van der Waals surface area contributed by atoms with Gasteiger partial charge in [0, 0.05) is 31.0 Å². The predicted molar refractivity (Wildman–Crippen MR) is 69.4 cm³/mol. The number of ether oxygens (including phenoxy) is 1. The Morgan fingerprint density at radius 2 is 2.05 bits per heavy atom. The van der Waals surface area contributed by atoms with E-state index in [2.05, 4.69) is 4.98 Å². The zero-order valence-corrected chi connectivity index (χ0v) is 11.2. The molecule has 102 valence electrons. The first-order chi connectivity index (χ1) is 9.13. The number of amides is 1. The second-order valence-corrected chi connectivity index (χ2v) is 4.88. The van der Waals surface area contributed by atoms with E-state index in [1.165, 1.54) is 7.11 Å². The summed E-state index contributed by atoms with van der Waals surface area (Å²) >= 11 is 0. The van der Waals surface area contributed by atoms with Gasteiger partial charge in [-0.15, -0.1) is 0 Å². The van der Waals surface area contributed by atoms with Gasteiger partial charge in [-0.2, -0.15) is 0 Å². The van der Waals surface area contributed by atoms with Gasteiger partial charge in [-0.3, -0.25) is 14.6 Å². The highest BCUT2D eigenvalue weighted by Crippen LogP contribution is 2.25. The van der Waals surface area contributed by atoms with Gasteiger partial charge in [0.1, 0.15) is 0 Å². The molecule has 19 heavy (non-hydrogen) atoms. The third-order valence-electron chi connectivity index (χ3n) is 3.62. The number of carbonyl (C=O) groups is 2. The summed E-state index contributed by atoms with van der Waals surface area (Å²) in [5.74, 6) is -0.167. The van der Waals surface area contributed by atoms with Crippen LogP contribution in [0.5, 0.6) is 0 Å². The molecule has 2 rings (SSSR count). The molecule has 1 aromatic rings. The lowest BCUT2D eigenvalue weighted by molar-refractivity contribution is -0.148. The Balaban J connectivity index is 2.02. The van der Waals surface area contributed by atoms with E-state index < -0.39 is 0 Å². The van der Waals surface area contributed by atoms with Crippen LogP contribution in [0, 0.1) is 11.8 Å². The third-order valence-corrected chi connectivity index (χ3v) is 3.62. The molecule has 5 nitrogen and oxygen atoms in total. The van der Waals surface area contributed by atoms with Crippen LogP contribution in [0.25, 0.3) is 0 Å². The van der Waals surface area contributed by atoms with Crippen LogP contribution in [0.4, 0.5) is 0 Å². The number of likely N-dealkylation sites (tertiary alicyclic amines) is 1. The number of esters is 1. The molecule has 1 saturated heterocycles. The molecule has 0 spiro atoms. The van der Waals surface area contributed by atoms with Gasteiger partial charge in [0.2, 0.25) is 0 Å². The van der Waals surface area contributed by atoms with Crippen molar-refractivity contribution in [1.82, 2.24) is 9.88 Å². The fourth-order valence-electron chi connectivity index (χ4n) is 2.51. The van der Waals surface area contributed by atoms with Gasteiger partial charge in [0.25, 0.3) is 5.91 Å². The maximum Gasteiger partial charge on any atom is 0.309 e. The molecule has 0 saturated carbocycles. The van der Waals surface area contributed by atoms with Crippen molar-refractivity contribution >= 4 is 11.9 Å². The summed E-state index contributed by atoms with van der Waals surface area (Å²) in [5, 5.41) is 0. The van der Waals surface area contributed by atoms with E-state index in [-0.39, 0.29) is 23.7 Å². The van der Waals surface area contributed by atoms with Crippen molar-refractivity contribution < 1.29 is 14.3 Å². The third kappa shape index (κ3) is 2.92. The summed E-state index contributed by atoms with van der Waals surface area (Å²) in [7, 11) is 1.41. The lowest BCUT2D eigenvalue weighted by Crippen LogP contribution is -2.45. The van der Waals surface area contributed by atoms with E-state index in [1.807, 2.05) is 6.92 Å². The quantitative estimate of drug-likeness (QED) is 0.755. The van der Waals surface area contributed by atoms with Crippen molar-refractivity contribution in [1.29, 1.82) is 0 Å². The van der Waals surface area contributed by atoms with Crippen LogP contribution in [0.15, 0.2) is 24.5 Å². The Morgan fingerprint density at radius 3 is 2.63 bits per heavy atom. The Kier molecular flexibility index (Phi) is 4.14. The molecule has 0 aliphatic carbocycles. The Morgan fingerprint density at radius 1 is 1.37 bits per heavy atom. The fourth-order valence-corrected chi connectivity index (χ4v) is 2.51. The molecule has 2 atom stereocenters. The number of nitrogens with zero attached hydrogens (tertiary/aromatic N) is 2. The van der Waals surface area contributed by atoms with Gasteiger partial charge in [-0.05, 0) is 24.5 Å². The first-order valence-corrected chi connectivity index (χ1v) is 6.40. The van der Waals surface area contributed by atoms with E-state index in [4.69, 9.17) is 4.74 Å². The Labute approximate surface area is 112 Å². The van der Waals surface area contributed by atoms with E-state index in [9.17, 15) is 9.59 Å². The molecule has 0 radical (unpaired) electrons. The average Bonchev–Trinajstić information content (AvgIpc) is 2.46. The molecule has 1 fully saturated rings. The highest BCUT2D eigenvalue weighted by molar-refractivity contribution is 5.94. The summed E-state index contributed by atoms with van der Waals surface area (Å²) in [4.78, 5) is 29.6. The molecule has 0 unspecified atom stereocenters. The second kappa shape index (κ2) is 5.82. The average molecular weight is 262 g/mol. The summed E-state index contributed by atoms with van der Waals surface area (Å²) in [6, 6.07) is 3.42. The van der Waals surface area contributed by atoms with Crippen LogP contribution in [0.2, 0.25) is 0 Å². The number of rotatable bonds is 2. The van der Waals surface area contributed by atoms with Crippen molar-refractivity contribution in [3.8, 4) is 0 Å². The molecular formula is C14H18N2O3. The van der Waals surface area contributed by atoms with Crippen molar-refractivity contribution in [2.75, 3.05) is 20.2 Å². The van der Waals surface area contributed by atoms with Crippen molar-refractivity contribution in [3.63, 3.8) is 0 Å². The minimum Gasteiger partial charge on any atom is -0.469 e. The van der Waals surface area contributed by atoms with Crippen LogP contribution >= 0.6 is 0 Å². The van der Waals surface area contributed by atoms with Gasteiger partial charge in [-0.25, -0.2) is 0 Å². The predicted octanol–water partition coefficient (Wildman–Crippen LogP) is 1.35. The van der Waals surface area contributed by atoms with Crippen LogP contribution in [0.1, 0.15) is 23.7 Å². The van der Waals surface area contributed by atoms with Crippen LogP contribution in [0.3, 0.4) is 0 Å². The number of piperidine rings is 1. The SMILES string of the molecule is COC(=O)[C@@H]1CCN(C(=O)c2ccncc2)C[C@@H]1C. The zero-order chi connectivity index (χ0) is 13.8. The topological polar surface area (TPSA) is 59.5 Å². The standard InChI is InChI=1S/C14H18N2O3/c1-10-9-16(8-5-12(10)14(18)19-2)13(17)11-3-6-15-7-4-11/h3-4,6-7,10,12H,5,8-9H2,1-2H3/t10-,12+/m0/s1. The first kappa shape index (κ1) is 13.5. The highest BCUT2D eigenvalue weighted by atomic mass is 16.5. The van der Waals surface area contributed by atoms with E-state index in [0.717, 1.165) is 0 Å². The van der Waals surface area contributed by atoms with Gasteiger partial charge in [0.15, 0.2) is 0 Å². The first-order valence-electron chi connectivity index (χ1n) is 6.40. The van der Waals surface area contributed by atoms with Crippen LogP contribution in [-0.4, -0.2) is 42.0 Å². The summed E-state index contributed by atoms with van der Waals surface area (Å²) in [5.41, 5.74) is 0.638. The normalized spacial score (nSPS) is 22.9. The molecule has 1 amide bonds. The zero-order valence-electron chi connectivity index (χ0n) is 11.2. The maximum atomic E-state index is 12.3. The summed E-state index contributed by atoms with van der Waals surface area (Å²) in [6.07, 6.45) is 3.88. The van der Waals surface area contributed by atoms with Crippen LogP contribution < -0.4 is 0 Å². The molecule has 1 aliphatic rings. The number of methoxy groups -OCH3 is 1. The lowest BCUT2D eigenvalue weighted by Gasteiger charge is -2.35. The molecular weight excluding hydrogens is 244 g/mol. The molecule has 1 aliphatic heterocycles. The van der Waals surface area contributed by atoms with Crippen molar-refractivity contribution in [2.24, 2.45) is 11.8 Å². The number of hydrogen-bond donors (Lipinski definition) is 0. The van der Waals surface area contributed by atoms with Gasteiger partial charge >= 0.3 is 5.97 Å². The maximum absolute atomic E-state index is 12.3. The van der Waals surface area contributed by atoms with E-state index in [1.54, 1.807) is 29.4 Å². The van der Waals surface area contributed by atoms with Gasteiger partial charge in [-0.1, -0.05) is 6.92 Å². The second-order valence-electron chi connectivity index (χ2n) is 4.88. The molecule has 0 N–H and O–H groups in total. The molecule has 5 heteroatoms. The minimum absolute atomic E-state index is 0.00225. The van der Waals surface area contributed by atoms with E-state index in [0.29, 0.717) is 25.1 Å². The molecule has 0 bridgehead atoms. The highest BCUT2D eigenvalue weighted by Gasteiger charge is 2.33. The molecule has 2 heterocycles. The summed E-state index contributed by atoms with van der Waals surface area (Å²) in [6.45, 7) is 3.15. The van der Waals surface area contributed by atoms with E-state index >= 15 is 0 Å². The minimum atomic E-state index is -0.177. The van der Waals surface area contributed by atoms with Gasteiger partial charge < -0.3 is 9.64 Å². The Hall–Kier alpha value is -1.91. The molecule has 1 aromatic heterocycles. The number of aromatic nitrogens is 1. The summed E-state index contributed by atoms with van der Waals surface area (Å²) < 4.78 is 4.79. The number of hydrogen-bond acceptors (Lipinski definition) is 4.